The molecule has 3 nitrogen and oxygen atoms in total. The minimum Gasteiger partial charge on any atom is -0.493 e. The molecule has 0 aromatic heterocycles. The first-order chi connectivity index (χ1) is 10.2. The van der Waals surface area contributed by atoms with E-state index in [2.05, 4.69) is 6.92 Å². The van der Waals surface area contributed by atoms with Crippen LogP contribution >= 0.6 is 11.6 Å². The third-order valence-corrected chi connectivity index (χ3v) is 3.53. The lowest BCUT2D eigenvalue weighted by molar-refractivity contribution is 0.377. The number of aryl methyl sites for hydroxylation is 1. The van der Waals surface area contributed by atoms with E-state index < -0.39 is 0 Å². The van der Waals surface area contributed by atoms with E-state index in [1.54, 1.807) is 13.2 Å². The van der Waals surface area contributed by atoms with Crippen LogP contribution in [0.25, 0.3) is 0 Å². The zero-order valence-corrected chi connectivity index (χ0v) is 13.1. The van der Waals surface area contributed by atoms with Crippen molar-refractivity contribution in [3.63, 3.8) is 0 Å². The van der Waals surface area contributed by atoms with E-state index >= 15 is 0 Å². The van der Waals surface area contributed by atoms with Gasteiger partial charge in [0.1, 0.15) is 5.75 Å². The highest BCUT2D eigenvalue weighted by molar-refractivity contribution is 6.30. The second-order valence-corrected chi connectivity index (χ2v) is 5.17. The fourth-order valence-corrected chi connectivity index (χ4v) is 2.28. The summed E-state index contributed by atoms with van der Waals surface area (Å²) >= 11 is 6.06. The molecule has 0 amide bonds. The fourth-order valence-electron chi connectivity index (χ4n) is 2.12. The molecule has 0 aliphatic rings. The molecule has 0 radical (unpaired) electrons. The Balaban J connectivity index is 2.35. The van der Waals surface area contributed by atoms with E-state index in [1.165, 1.54) is 5.56 Å². The Labute approximate surface area is 130 Å². The first-order valence-electron chi connectivity index (χ1n) is 7.01. The Morgan fingerprint density at radius 3 is 2.52 bits per heavy atom. The molecule has 112 valence electrons. The van der Waals surface area contributed by atoms with Crippen LogP contribution in [-0.2, 0) is 12.8 Å². The highest BCUT2D eigenvalue weighted by Gasteiger charge is 2.10. The summed E-state index contributed by atoms with van der Waals surface area (Å²) in [6.07, 6.45) is 1.69. The molecule has 0 heterocycles. The highest BCUT2D eigenvalue weighted by Crippen LogP contribution is 2.35. The van der Waals surface area contributed by atoms with E-state index in [4.69, 9.17) is 26.8 Å². The lowest BCUT2D eigenvalue weighted by Crippen LogP contribution is -2.04. The zero-order chi connectivity index (χ0) is 15.2. The fraction of sp³-hybridized carbons (Fsp3) is 0.294. The van der Waals surface area contributed by atoms with Gasteiger partial charge in [-0.25, -0.2) is 0 Å². The van der Waals surface area contributed by atoms with Crippen LogP contribution in [0.4, 0.5) is 0 Å². The van der Waals surface area contributed by atoms with E-state index in [0.29, 0.717) is 23.1 Å². The summed E-state index contributed by atoms with van der Waals surface area (Å²) in [5.41, 5.74) is 7.87. The summed E-state index contributed by atoms with van der Waals surface area (Å²) in [7, 11) is 1.64. The van der Waals surface area contributed by atoms with Gasteiger partial charge < -0.3 is 15.2 Å². The summed E-state index contributed by atoms with van der Waals surface area (Å²) in [6.45, 7) is 2.66. The number of hydrogen-bond acceptors (Lipinski definition) is 3. The molecule has 0 saturated heterocycles. The van der Waals surface area contributed by atoms with Crippen molar-refractivity contribution in [3.8, 4) is 17.2 Å². The van der Waals surface area contributed by atoms with E-state index in [9.17, 15) is 0 Å². The summed E-state index contributed by atoms with van der Waals surface area (Å²) < 4.78 is 11.4. The molecular formula is C17H20ClNO2. The summed E-state index contributed by atoms with van der Waals surface area (Å²) in [6, 6.07) is 11.5. The van der Waals surface area contributed by atoms with Crippen LogP contribution in [0.15, 0.2) is 36.4 Å². The Bertz CT molecular complexity index is 614. The van der Waals surface area contributed by atoms with Crippen molar-refractivity contribution < 1.29 is 9.47 Å². The molecule has 0 bridgehead atoms. The number of rotatable bonds is 6. The van der Waals surface area contributed by atoms with Crippen LogP contribution in [-0.4, -0.2) is 13.7 Å². The third kappa shape index (κ3) is 3.90. The van der Waals surface area contributed by atoms with Crippen LogP contribution < -0.4 is 15.2 Å². The summed E-state index contributed by atoms with van der Waals surface area (Å²) in [4.78, 5) is 0. The lowest BCUT2D eigenvalue weighted by Gasteiger charge is -2.14. The largest absolute Gasteiger partial charge is 0.493 e. The minimum absolute atomic E-state index is 0.559. The monoisotopic (exact) mass is 305 g/mol. The van der Waals surface area contributed by atoms with Gasteiger partial charge >= 0.3 is 0 Å². The molecule has 0 fully saturated rings. The Morgan fingerprint density at radius 2 is 1.86 bits per heavy atom. The molecule has 2 rings (SSSR count). The van der Waals surface area contributed by atoms with Gasteiger partial charge in [-0.1, -0.05) is 30.7 Å². The quantitative estimate of drug-likeness (QED) is 0.869. The van der Waals surface area contributed by atoms with Crippen molar-refractivity contribution in [2.75, 3.05) is 13.7 Å². The number of nitrogens with two attached hydrogens (primary N) is 1. The smallest absolute Gasteiger partial charge is 0.169 e. The van der Waals surface area contributed by atoms with Crippen molar-refractivity contribution >= 4 is 11.6 Å². The summed E-state index contributed by atoms with van der Waals surface area (Å²) in [5.74, 6) is 2.11. The van der Waals surface area contributed by atoms with Gasteiger partial charge in [0.2, 0.25) is 0 Å². The normalized spacial score (nSPS) is 10.5. The molecule has 2 N–H and O–H groups in total. The molecule has 2 aromatic carbocycles. The maximum atomic E-state index is 6.06. The molecule has 0 aliphatic carbocycles. The highest BCUT2D eigenvalue weighted by atomic mass is 35.5. The first kappa shape index (κ1) is 15.7. The predicted molar refractivity (Wildman–Crippen MR) is 86.7 cm³/mol. The summed E-state index contributed by atoms with van der Waals surface area (Å²) in [5, 5.41) is 0.634. The van der Waals surface area contributed by atoms with Gasteiger partial charge in [0.25, 0.3) is 0 Å². The second-order valence-electron chi connectivity index (χ2n) is 4.73. The third-order valence-electron chi connectivity index (χ3n) is 3.30. The standard InChI is InChI=1S/C17H20ClNO2/c1-3-12-4-7-15(17(10-12)20-2)21-16-11-14(18)6-5-13(16)8-9-19/h4-7,10-11H,3,8-9,19H2,1-2H3. The molecule has 0 unspecified atom stereocenters. The molecule has 0 aliphatic heterocycles. The van der Waals surface area contributed by atoms with Gasteiger partial charge in [-0.05, 0) is 54.8 Å². The molecular weight excluding hydrogens is 286 g/mol. The van der Waals surface area contributed by atoms with Crippen LogP contribution in [0.1, 0.15) is 18.1 Å². The maximum Gasteiger partial charge on any atom is 0.169 e. The van der Waals surface area contributed by atoms with Gasteiger partial charge in [0.15, 0.2) is 11.5 Å². The molecule has 4 heteroatoms. The Hall–Kier alpha value is -1.71. The Kier molecular flexibility index (Phi) is 5.48. The van der Waals surface area contributed by atoms with E-state index in [-0.39, 0.29) is 0 Å². The topological polar surface area (TPSA) is 44.5 Å². The number of halogens is 1. The maximum absolute atomic E-state index is 6.06. The van der Waals surface area contributed by atoms with Gasteiger partial charge in [0.05, 0.1) is 7.11 Å². The van der Waals surface area contributed by atoms with Gasteiger partial charge in [-0.3, -0.25) is 0 Å². The van der Waals surface area contributed by atoms with Crippen LogP contribution in [0.3, 0.4) is 0 Å². The second kappa shape index (κ2) is 7.34. The average molecular weight is 306 g/mol. The van der Waals surface area contributed by atoms with Crippen molar-refractivity contribution in [3.05, 3.63) is 52.5 Å². The van der Waals surface area contributed by atoms with Gasteiger partial charge in [-0.15, -0.1) is 0 Å². The average Bonchev–Trinajstić information content (AvgIpc) is 2.50. The van der Waals surface area contributed by atoms with Crippen LogP contribution in [0.2, 0.25) is 5.02 Å². The number of benzene rings is 2. The van der Waals surface area contributed by atoms with Crippen molar-refractivity contribution in [1.82, 2.24) is 0 Å². The van der Waals surface area contributed by atoms with Crippen molar-refractivity contribution in [2.45, 2.75) is 19.8 Å². The van der Waals surface area contributed by atoms with Crippen LogP contribution in [0.5, 0.6) is 17.2 Å². The molecule has 0 saturated carbocycles. The number of ether oxygens (including phenoxy) is 2. The SMILES string of the molecule is CCc1ccc(Oc2cc(Cl)ccc2CCN)c(OC)c1. The van der Waals surface area contributed by atoms with E-state index in [0.717, 1.165) is 24.2 Å². The van der Waals surface area contributed by atoms with Crippen molar-refractivity contribution in [2.24, 2.45) is 5.73 Å². The number of methoxy groups -OCH3 is 1. The van der Waals surface area contributed by atoms with Gasteiger partial charge in [0, 0.05) is 5.02 Å². The zero-order valence-electron chi connectivity index (χ0n) is 12.4. The lowest BCUT2D eigenvalue weighted by atomic mass is 10.1. The van der Waals surface area contributed by atoms with Crippen LogP contribution in [0, 0.1) is 0 Å². The predicted octanol–water partition coefficient (Wildman–Crippen LogP) is 4.20. The first-order valence-corrected chi connectivity index (χ1v) is 7.39. The minimum atomic E-state index is 0.559. The number of hydrogen-bond donors (Lipinski definition) is 1. The Morgan fingerprint density at radius 1 is 1.05 bits per heavy atom. The molecule has 2 aromatic rings. The molecule has 0 atom stereocenters. The molecule has 0 spiro atoms. The van der Waals surface area contributed by atoms with E-state index in [1.807, 2.05) is 30.3 Å². The van der Waals surface area contributed by atoms with Gasteiger partial charge in [-0.2, -0.15) is 0 Å². The molecule has 21 heavy (non-hydrogen) atoms. The van der Waals surface area contributed by atoms with Crippen molar-refractivity contribution in [1.29, 1.82) is 0 Å².